The zero-order valence-corrected chi connectivity index (χ0v) is 10.2. The average Bonchev–Trinajstić information content (AvgIpc) is 2.95. The van der Waals surface area contributed by atoms with Gasteiger partial charge in [0.15, 0.2) is 0 Å². The van der Waals surface area contributed by atoms with Crippen LogP contribution in [-0.4, -0.2) is 34.7 Å². The molecule has 1 aliphatic heterocycles. The third-order valence-corrected chi connectivity index (χ3v) is 3.96. The van der Waals surface area contributed by atoms with Crippen LogP contribution in [0.15, 0.2) is 12.1 Å². The minimum atomic E-state index is -1.12. The largest absolute Gasteiger partial charge is 0.480 e. The molecule has 0 spiro atoms. The van der Waals surface area contributed by atoms with E-state index in [1.165, 1.54) is 12.0 Å². The number of nitrogens with two attached hydrogens (primary N) is 1. The molecule has 3 rings (SSSR count). The van der Waals surface area contributed by atoms with Crippen molar-refractivity contribution >= 4 is 11.8 Å². The number of hydrogen-bond acceptors (Lipinski definition) is 4. The van der Waals surface area contributed by atoms with Gasteiger partial charge in [-0.15, -0.1) is 0 Å². The molecule has 0 saturated carbocycles. The van der Waals surface area contributed by atoms with Gasteiger partial charge in [0.25, 0.3) is 0 Å². The lowest BCUT2D eigenvalue weighted by atomic mass is 10.0. The lowest BCUT2D eigenvalue weighted by molar-refractivity contribution is -0.142. The van der Waals surface area contributed by atoms with Crippen LogP contribution in [0, 0.1) is 0 Å². The van der Waals surface area contributed by atoms with Gasteiger partial charge >= 0.3 is 5.97 Å². The fraction of sp³-hybridized carbons (Fsp3) is 0.538. The molecule has 0 amide bonds. The lowest BCUT2D eigenvalue weighted by Crippen LogP contribution is -2.50. The standard InChI is InChI=1S/C13H17N3O2/c14-13(12(17)18)6-7-16(8-13)11-5-4-9-2-1-3-10(9)15-11/h4-5H,1-3,6-8,14H2,(H,17,18). The molecular weight excluding hydrogens is 230 g/mol. The van der Waals surface area contributed by atoms with Gasteiger partial charge in [-0.3, -0.25) is 4.79 Å². The van der Waals surface area contributed by atoms with Crippen molar-refractivity contribution < 1.29 is 9.90 Å². The molecule has 2 aliphatic rings. The number of aliphatic carboxylic acids is 1. The van der Waals surface area contributed by atoms with Crippen molar-refractivity contribution in [2.75, 3.05) is 18.0 Å². The average molecular weight is 247 g/mol. The number of carbonyl (C=O) groups is 1. The number of nitrogens with zero attached hydrogens (tertiary/aromatic N) is 2. The topological polar surface area (TPSA) is 79.5 Å². The van der Waals surface area contributed by atoms with Crippen molar-refractivity contribution in [1.82, 2.24) is 4.98 Å². The van der Waals surface area contributed by atoms with Crippen LogP contribution in [-0.2, 0) is 17.6 Å². The lowest BCUT2D eigenvalue weighted by Gasteiger charge is -2.21. The van der Waals surface area contributed by atoms with Gasteiger partial charge in [0.2, 0.25) is 0 Å². The first-order valence-corrected chi connectivity index (χ1v) is 6.34. The number of carboxylic acids is 1. The van der Waals surface area contributed by atoms with Crippen LogP contribution in [0.2, 0.25) is 0 Å². The molecule has 1 unspecified atom stereocenters. The predicted octanol–water partition coefficient (Wildman–Crippen LogP) is 0.562. The summed E-state index contributed by atoms with van der Waals surface area (Å²) in [5.74, 6) is -0.0598. The molecule has 1 fully saturated rings. The van der Waals surface area contributed by atoms with Gasteiger partial charge in [0.1, 0.15) is 11.4 Å². The molecule has 0 bridgehead atoms. The first-order chi connectivity index (χ1) is 8.58. The first-order valence-electron chi connectivity index (χ1n) is 6.34. The molecule has 0 aromatic carbocycles. The molecule has 5 heteroatoms. The molecule has 18 heavy (non-hydrogen) atoms. The Bertz CT molecular complexity index is 503. The Labute approximate surface area is 106 Å². The maximum absolute atomic E-state index is 11.1. The number of carboxylic acid groups (broad SMARTS) is 1. The van der Waals surface area contributed by atoms with E-state index >= 15 is 0 Å². The number of hydrogen-bond donors (Lipinski definition) is 2. The molecule has 1 aromatic rings. The number of pyridine rings is 1. The molecule has 3 N–H and O–H groups in total. The second-order valence-electron chi connectivity index (χ2n) is 5.26. The SMILES string of the molecule is NC1(C(=O)O)CCN(c2ccc3c(n2)CCC3)C1. The van der Waals surface area contributed by atoms with E-state index in [0.717, 1.165) is 24.4 Å². The van der Waals surface area contributed by atoms with Gasteiger partial charge in [0, 0.05) is 18.8 Å². The summed E-state index contributed by atoms with van der Waals surface area (Å²) in [5, 5.41) is 9.12. The predicted molar refractivity (Wildman–Crippen MR) is 67.6 cm³/mol. The van der Waals surface area contributed by atoms with Crippen molar-refractivity contribution in [2.24, 2.45) is 5.73 Å². The fourth-order valence-corrected chi connectivity index (χ4v) is 2.79. The molecule has 0 radical (unpaired) electrons. The Balaban J connectivity index is 1.83. The maximum Gasteiger partial charge on any atom is 0.325 e. The van der Waals surface area contributed by atoms with Crippen molar-refractivity contribution in [3.05, 3.63) is 23.4 Å². The van der Waals surface area contributed by atoms with E-state index in [9.17, 15) is 4.79 Å². The number of anilines is 1. The first kappa shape index (κ1) is 11.5. The molecule has 1 saturated heterocycles. The summed E-state index contributed by atoms with van der Waals surface area (Å²) in [5.41, 5.74) is 7.24. The monoisotopic (exact) mass is 247 g/mol. The maximum atomic E-state index is 11.1. The van der Waals surface area contributed by atoms with Gasteiger partial charge in [0.05, 0.1) is 0 Å². The summed E-state index contributed by atoms with van der Waals surface area (Å²) in [6.07, 6.45) is 3.78. The highest BCUT2D eigenvalue weighted by atomic mass is 16.4. The Hall–Kier alpha value is -1.62. The highest BCUT2D eigenvalue weighted by Crippen LogP contribution is 2.27. The minimum Gasteiger partial charge on any atom is -0.480 e. The molecular formula is C13H17N3O2. The normalized spacial score (nSPS) is 26.4. The van der Waals surface area contributed by atoms with Crippen LogP contribution in [0.3, 0.4) is 0 Å². The summed E-state index contributed by atoms with van der Waals surface area (Å²) in [4.78, 5) is 17.7. The van der Waals surface area contributed by atoms with Crippen LogP contribution in [0.5, 0.6) is 0 Å². The number of rotatable bonds is 2. The van der Waals surface area contributed by atoms with E-state index in [4.69, 9.17) is 10.8 Å². The van der Waals surface area contributed by atoms with Gasteiger partial charge in [-0.2, -0.15) is 0 Å². The van der Waals surface area contributed by atoms with Gasteiger partial charge in [-0.1, -0.05) is 6.07 Å². The summed E-state index contributed by atoms with van der Waals surface area (Å²) in [6.45, 7) is 1.00. The van der Waals surface area contributed by atoms with Crippen molar-refractivity contribution in [1.29, 1.82) is 0 Å². The van der Waals surface area contributed by atoms with Crippen molar-refractivity contribution in [3.63, 3.8) is 0 Å². The van der Waals surface area contributed by atoms with Crippen LogP contribution >= 0.6 is 0 Å². The zero-order valence-electron chi connectivity index (χ0n) is 10.2. The molecule has 1 atom stereocenters. The molecule has 96 valence electrons. The van der Waals surface area contributed by atoms with E-state index in [1.54, 1.807) is 0 Å². The molecule has 2 heterocycles. The third kappa shape index (κ3) is 1.75. The van der Waals surface area contributed by atoms with E-state index in [2.05, 4.69) is 11.1 Å². The van der Waals surface area contributed by atoms with Gasteiger partial charge in [-0.25, -0.2) is 4.98 Å². The van der Waals surface area contributed by atoms with Crippen LogP contribution in [0.4, 0.5) is 5.82 Å². The fourth-order valence-electron chi connectivity index (χ4n) is 2.79. The highest BCUT2D eigenvalue weighted by Gasteiger charge is 2.41. The number of aromatic nitrogens is 1. The summed E-state index contributed by atoms with van der Waals surface area (Å²) >= 11 is 0. The Morgan fingerprint density at radius 3 is 3.00 bits per heavy atom. The van der Waals surface area contributed by atoms with Crippen LogP contribution in [0.25, 0.3) is 0 Å². The summed E-state index contributed by atoms with van der Waals surface area (Å²) in [6, 6.07) is 4.10. The second-order valence-corrected chi connectivity index (χ2v) is 5.26. The van der Waals surface area contributed by atoms with Crippen molar-refractivity contribution in [2.45, 2.75) is 31.2 Å². The third-order valence-electron chi connectivity index (χ3n) is 3.96. The molecule has 1 aliphatic carbocycles. The van der Waals surface area contributed by atoms with Crippen LogP contribution < -0.4 is 10.6 Å². The van der Waals surface area contributed by atoms with E-state index in [1.807, 2.05) is 11.0 Å². The van der Waals surface area contributed by atoms with Crippen LogP contribution in [0.1, 0.15) is 24.1 Å². The molecule has 5 nitrogen and oxygen atoms in total. The number of aryl methyl sites for hydroxylation is 2. The smallest absolute Gasteiger partial charge is 0.325 e. The van der Waals surface area contributed by atoms with E-state index in [0.29, 0.717) is 19.5 Å². The van der Waals surface area contributed by atoms with Gasteiger partial charge < -0.3 is 15.7 Å². The Morgan fingerprint density at radius 1 is 1.44 bits per heavy atom. The Morgan fingerprint density at radius 2 is 2.28 bits per heavy atom. The highest BCUT2D eigenvalue weighted by molar-refractivity contribution is 5.80. The summed E-state index contributed by atoms with van der Waals surface area (Å²) in [7, 11) is 0. The quantitative estimate of drug-likeness (QED) is 0.798. The zero-order chi connectivity index (χ0) is 12.8. The van der Waals surface area contributed by atoms with Gasteiger partial charge in [-0.05, 0) is 37.3 Å². The van der Waals surface area contributed by atoms with E-state index in [-0.39, 0.29) is 0 Å². The van der Waals surface area contributed by atoms with E-state index < -0.39 is 11.5 Å². The number of fused-ring (bicyclic) bond motifs is 1. The van der Waals surface area contributed by atoms with Crippen molar-refractivity contribution in [3.8, 4) is 0 Å². The molecule has 1 aromatic heterocycles. The summed E-state index contributed by atoms with van der Waals surface area (Å²) < 4.78 is 0. The second kappa shape index (κ2) is 3.95. The minimum absolute atomic E-state index is 0.341. The Kier molecular flexibility index (Phi) is 2.52.